The molecule has 18 heavy (non-hydrogen) atoms. The molecule has 0 spiro atoms. The minimum Gasteiger partial charge on any atom is -0.465 e. The van der Waals surface area contributed by atoms with Gasteiger partial charge in [-0.2, -0.15) is 0 Å². The number of esters is 1. The summed E-state index contributed by atoms with van der Waals surface area (Å²) in [6.45, 7) is 0. The van der Waals surface area contributed by atoms with Crippen LogP contribution in [0.4, 0.5) is 0 Å². The maximum atomic E-state index is 11.3. The third-order valence-corrected chi connectivity index (χ3v) is 2.72. The summed E-state index contributed by atoms with van der Waals surface area (Å²) < 4.78 is 4.65. The van der Waals surface area contributed by atoms with Crippen molar-refractivity contribution >= 4 is 12.2 Å². The Labute approximate surface area is 106 Å². The highest BCUT2D eigenvalue weighted by Crippen LogP contribution is 2.20. The van der Waals surface area contributed by atoms with Crippen LogP contribution in [0.3, 0.4) is 0 Å². The van der Waals surface area contributed by atoms with E-state index in [1.807, 2.05) is 36.4 Å². The molecule has 0 unspecified atom stereocenters. The van der Waals surface area contributed by atoms with E-state index in [0.717, 1.165) is 16.7 Å². The second-order valence-electron chi connectivity index (χ2n) is 3.84. The number of carbonyl (C=O) groups excluding carboxylic acids is 1. The summed E-state index contributed by atoms with van der Waals surface area (Å²) in [6, 6.07) is 14.9. The van der Waals surface area contributed by atoms with Crippen molar-refractivity contribution < 1.29 is 9.53 Å². The molecule has 0 fully saturated rings. The number of nitrogens with one attached hydrogen (secondary N) is 1. The topological polar surface area (TPSA) is 50.2 Å². The highest BCUT2D eigenvalue weighted by molar-refractivity contribution is 5.90. The fourth-order valence-corrected chi connectivity index (χ4v) is 1.69. The Balaban J connectivity index is 2.28. The summed E-state index contributed by atoms with van der Waals surface area (Å²) in [6.07, 6.45) is 1.31. The van der Waals surface area contributed by atoms with Gasteiger partial charge in [0.05, 0.1) is 12.7 Å². The lowest BCUT2D eigenvalue weighted by atomic mass is 10.0. The van der Waals surface area contributed by atoms with Gasteiger partial charge in [-0.3, -0.25) is 0 Å². The largest absolute Gasteiger partial charge is 0.465 e. The number of rotatable bonds is 3. The molecule has 0 radical (unpaired) electrons. The maximum absolute atomic E-state index is 11.3. The number of carbonyl (C=O) groups is 1. The summed E-state index contributed by atoms with van der Waals surface area (Å²) in [4.78, 5) is 11.3. The summed E-state index contributed by atoms with van der Waals surface area (Å²) in [5.74, 6) is -0.333. The summed E-state index contributed by atoms with van der Waals surface area (Å²) in [5, 5.41) is 7.14. The predicted octanol–water partition coefficient (Wildman–Crippen LogP) is 3.14. The number of methoxy groups -OCH3 is 1. The Morgan fingerprint density at radius 2 is 1.50 bits per heavy atom. The second-order valence-corrected chi connectivity index (χ2v) is 3.84. The van der Waals surface area contributed by atoms with Gasteiger partial charge >= 0.3 is 5.97 Å². The molecule has 1 N–H and O–H groups in total. The van der Waals surface area contributed by atoms with Crippen molar-refractivity contribution in [1.82, 2.24) is 0 Å². The third-order valence-electron chi connectivity index (χ3n) is 2.72. The van der Waals surface area contributed by atoms with Gasteiger partial charge in [0.2, 0.25) is 0 Å². The third kappa shape index (κ3) is 2.46. The van der Waals surface area contributed by atoms with Gasteiger partial charge in [-0.05, 0) is 28.8 Å². The van der Waals surface area contributed by atoms with Crippen LogP contribution in [0.2, 0.25) is 0 Å². The first-order valence-corrected chi connectivity index (χ1v) is 5.54. The SMILES string of the molecule is COC(=O)c1ccc(-c2ccc(C=N)cc2)cc1. The zero-order chi connectivity index (χ0) is 13.0. The number of hydrogen-bond donors (Lipinski definition) is 1. The van der Waals surface area contributed by atoms with Crippen LogP contribution in [0.15, 0.2) is 48.5 Å². The first-order chi connectivity index (χ1) is 8.74. The molecule has 0 atom stereocenters. The van der Waals surface area contributed by atoms with Crippen LogP contribution in [-0.2, 0) is 4.74 Å². The van der Waals surface area contributed by atoms with Crippen molar-refractivity contribution in [3.05, 3.63) is 59.7 Å². The highest BCUT2D eigenvalue weighted by atomic mass is 16.5. The Hall–Kier alpha value is -2.42. The van der Waals surface area contributed by atoms with Crippen LogP contribution in [0.25, 0.3) is 11.1 Å². The smallest absolute Gasteiger partial charge is 0.337 e. The lowest BCUT2D eigenvalue weighted by molar-refractivity contribution is 0.0601. The lowest BCUT2D eigenvalue weighted by Gasteiger charge is -2.04. The van der Waals surface area contributed by atoms with Gasteiger partial charge in [-0.1, -0.05) is 36.4 Å². The standard InChI is InChI=1S/C15H13NO2/c1-18-15(17)14-8-6-13(7-9-14)12-4-2-11(10-16)3-5-12/h2-10,16H,1H3. The molecular weight excluding hydrogens is 226 g/mol. The van der Waals surface area contributed by atoms with Crippen LogP contribution in [-0.4, -0.2) is 19.3 Å². The van der Waals surface area contributed by atoms with Gasteiger partial charge in [-0.15, -0.1) is 0 Å². The number of ether oxygens (including phenoxy) is 1. The molecule has 0 bridgehead atoms. The van der Waals surface area contributed by atoms with E-state index in [2.05, 4.69) is 4.74 Å². The van der Waals surface area contributed by atoms with E-state index in [1.165, 1.54) is 13.3 Å². The molecule has 2 aromatic rings. The van der Waals surface area contributed by atoms with Crippen LogP contribution in [0.5, 0.6) is 0 Å². The monoisotopic (exact) mass is 239 g/mol. The molecule has 3 nitrogen and oxygen atoms in total. The first-order valence-electron chi connectivity index (χ1n) is 5.54. The van der Waals surface area contributed by atoms with E-state index < -0.39 is 0 Å². The number of benzene rings is 2. The van der Waals surface area contributed by atoms with E-state index in [4.69, 9.17) is 5.41 Å². The first kappa shape index (κ1) is 12.0. The fraction of sp³-hybridized carbons (Fsp3) is 0.0667. The molecule has 3 heteroatoms. The normalized spacial score (nSPS) is 9.83. The molecular formula is C15H13NO2. The van der Waals surface area contributed by atoms with Crippen molar-refractivity contribution in [1.29, 1.82) is 5.41 Å². The molecule has 2 aromatic carbocycles. The molecule has 90 valence electrons. The van der Waals surface area contributed by atoms with Crippen molar-refractivity contribution in [3.8, 4) is 11.1 Å². The quantitative estimate of drug-likeness (QED) is 0.660. The molecule has 0 amide bonds. The van der Waals surface area contributed by atoms with E-state index in [0.29, 0.717) is 5.56 Å². The average molecular weight is 239 g/mol. The van der Waals surface area contributed by atoms with Crippen LogP contribution >= 0.6 is 0 Å². The zero-order valence-electron chi connectivity index (χ0n) is 10.0. The molecule has 2 rings (SSSR count). The lowest BCUT2D eigenvalue weighted by Crippen LogP contribution is -2.00. The van der Waals surface area contributed by atoms with Gasteiger partial charge in [-0.25, -0.2) is 4.79 Å². The summed E-state index contributed by atoms with van der Waals surface area (Å²) in [5.41, 5.74) is 3.48. The van der Waals surface area contributed by atoms with Crippen molar-refractivity contribution in [2.24, 2.45) is 0 Å². The number of hydrogen-bond acceptors (Lipinski definition) is 3. The average Bonchev–Trinajstić information content (AvgIpc) is 2.47. The van der Waals surface area contributed by atoms with Crippen molar-refractivity contribution in [2.75, 3.05) is 7.11 Å². The van der Waals surface area contributed by atoms with Crippen LogP contribution in [0, 0.1) is 5.41 Å². The van der Waals surface area contributed by atoms with Gasteiger partial charge in [0.25, 0.3) is 0 Å². The fourth-order valence-electron chi connectivity index (χ4n) is 1.69. The van der Waals surface area contributed by atoms with E-state index in [-0.39, 0.29) is 5.97 Å². The molecule has 0 aliphatic rings. The van der Waals surface area contributed by atoms with Crippen LogP contribution in [0.1, 0.15) is 15.9 Å². The Bertz CT molecular complexity index is 556. The van der Waals surface area contributed by atoms with Crippen molar-refractivity contribution in [3.63, 3.8) is 0 Å². The minimum absolute atomic E-state index is 0.333. The molecule has 0 aromatic heterocycles. The Kier molecular flexibility index (Phi) is 3.53. The summed E-state index contributed by atoms with van der Waals surface area (Å²) >= 11 is 0. The van der Waals surface area contributed by atoms with Crippen molar-refractivity contribution in [2.45, 2.75) is 0 Å². The maximum Gasteiger partial charge on any atom is 0.337 e. The Morgan fingerprint density at radius 3 is 1.94 bits per heavy atom. The van der Waals surface area contributed by atoms with Gasteiger partial charge in [0.15, 0.2) is 0 Å². The molecule has 0 saturated heterocycles. The highest BCUT2D eigenvalue weighted by Gasteiger charge is 2.04. The zero-order valence-corrected chi connectivity index (χ0v) is 10.0. The minimum atomic E-state index is -0.333. The predicted molar refractivity (Wildman–Crippen MR) is 71.1 cm³/mol. The molecule has 0 heterocycles. The molecule has 0 aliphatic carbocycles. The summed E-state index contributed by atoms with van der Waals surface area (Å²) in [7, 11) is 1.37. The van der Waals surface area contributed by atoms with Gasteiger partial charge in [0, 0.05) is 6.21 Å². The van der Waals surface area contributed by atoms with E-state index in [1.54, 1.807) is 12.1 Å². The van der Waals surface area contributed by atoms with Crippen LogP contribution < -0.4 is 0 Å². The van der Waals surface area contributed by atoms with Gasteiger partial charge < -0.3 is 10.1 Å². The molecule has 0 aliphatic heterocycles. The van der Waals surface area contributed by atoms with Gasteiger partial charge in [0.1, 0.15) is 0 Å². The molecule has 0 saturated carbocycles. The Morgan fingerprint density at radius 1 is 1.00 bits per heavy atom. The van der Waals surface area contributed by atoms with E-state index >= 15 is 0 Å². The second kappa shape index (κ2) is 5.27. The van der Waals surface area contributed by atoms with E-state index in [9.17, 15) is 4.79 Å².